The molecule has 0 radical (unpaired) electrons. The summed E-state index contributed by atoms with van der Waals surface area (Å²) in [5, 5.41) is 4.42. The smallest absolute Gasteiger partial charge is 0.357 e. The quantitative estimate of drug-likeness (QED) is 0.913. The highest BCUT2D eigenvalue weighted by Crippen LogP contribution is 2.42. The van der Waals surface area contributed by atoms with Crippen LogP contribution in [0.2, 0.25) is 0 Å². The number of benzene rings is 1. The third-order valence-electron chi connectivity index (χ3n) is 4.16. The zero-order chi connectivity index (χ0) is 14.2. The molecule has 1 aromatic carbocycles. The Balaban J connectivity index is 1.66. The zero-order valence-corrected chi connectivity index (χ0v) is 10.9. The van der Waals surface area contributed by atoms with Crippen LogP contribution in [0.25, 0.3) is 0 Å². The molecule has 1 unspecified atom stereocenters. The summed E-state index contributed by atoms with van der Waals surface area (Å²) in [7, 11) is 0. The van der Waals surface area contributed by atoms with Crippen LogP contribution in [0.4, 0.5) is 8.78 Å². The minimum absolute atomic E-state index is 0.0952. The van der Waals surface area contributed by atoms with Gasteiger partial charge in [-0.1, -0.05) is 18.2 Å². The lowest BCUT2D eigenvalue weighted by atomic mass is 9.73. The summed E-state index contributed by atoms with van der Waals surface area (Å²) in [5.74, 6) is -1.24. The number of rotatable bonds is 3. The van der Waals surface area contributed by atoms with Crippen LogP contribution < -0.4 is 5.32 Å². The summed E-state index contributed by atoms with van der Waals surface area (Å²) in [6.45, 7) is 1.58. The van der Waals surface area contributed by atoms with Crippen LogP contribution in [0, 0.1) is 11.3 Å². The van der Waals surface area contributed by atoms with Gasteiger partial charge in [-0.3, -0.25) is 0 Å². The Hall–Kier alpha value is -1.53. The van der Waals surface area contributed by atoms with Crippen molar-refractivity contribution >= 4 is 5.97 Å². The first-order chi connectivity index (χ1) is 9.61. The molecular weight excluding hydrogens is 266 g/mol. The molecule has 0 amide bonds. The zero-order valence-electron chi connectivity index (χ0n) is 10.9. The molecule has 0 aromatic heterocycles. The van der Waals surface area contributed by atoms with Crippen molar-refractivity contribution in [1.29, 1.82) is 0 Å². The maximum atomic E-state index is 13.1. The molecular formula is C14H16F2N2O2. The van der Waals surface area contributed by atoms with Crippen LogP contribution in [0.15, 0.2) is 30.3 Å². The number of hydrogen-bond donors (Lipinski definition) is 1. The normalized spacial score (nSPS) is 24.9. The largest absolute Gasteiger partial charge is 0.364 e. The van der Waals surface area contributed by atoms with Crippen molar-refractivity contribution in [2.45, 2.75) is 6.43 Å². The SMILES string of the molecule is O=C(ON1CC(C(F)F)C2(CNC2)C1)c1ccccc1. The van der Waals surface area contributed by atoms with E-state index in [1.54, 1.807) is 30.3 Å². The maximum absolute atomic E-state index is 13.1. The second-order valence-electron chi connectivity index (χ2n) is 5.47. The van der Waals surface area contributed by atoms with E-state index >= 15 is 0 Å². The standard InChI is InChI=1S/C14H16F2N2O2/c15-12(16)11-6-18(9-14(11)7-17-8-14)20-13(19)10-4-2-1-3-5-10/h1-5,11-12,17H,6-9H2. The summed E-state index contributed by atoms with van der Waals surface area (Å²) in [4.78, 5) is 17.2. The van der Waals surface area contributed by atoms with E-state index in [4.69, 9.17) is 4.84 Å². The van der Waals surface area contributed by atoms with Gasteiger partial charge in [0.2, 0.25) is 6.43 Å². The van der Waals surface area contributed by atoms with E-state index in [1.807, 2.05) is 0 Å². The number of nitrogens with one attached hydrogen (secondary N) is 1. The monoisotopic (exact) mass is 282 g/mol. The molecule has 0 aliphatic carbocycles. The van der Waals surface area contributed by atoms with Gasteiger partial charge in [0.15, 0.2) is 0 Å². The van der Waals surface area contributed by atoms with Crippen LogP contribution in [-0.4, -0.2) is 43.6 Å². The van der Waals surface area contributed by atoms with Gasteiger partial charge in [0.25, 0.3) is 0 Å². The highest BCUT2D eigenvalue weighted by atomic mass is 19.3. The molecule has 2 fully saturated rings. The minimum atomic E-state index is -2.39. The number of carbonyl (C=O) groups is 1. The first-order valence-corrected chi connectivity index (χ1v) is 6.62. The molecule has 6 heteroatoms. The molecule has 1 atom stereocenters. The second kappa shape index (κ2) is 5.10. The van der Waals surface area contributed by atoms with Gasteiger partial charge in [-0.15, -0.1) is 5.06 Å². The lowest BCUT2D eigenvalue weighted by Crippen LogP contribution is -2.59. The van der Waals surface area contributed by atoms with Crippen molar-refractivity contribution in [1.82, 2.24) is 10.4 Å². The fourth-order valence-electron chi connectivity index (χ4n) is 2.93. The van der Waals surface area contributed by atoms with Gasteiger partial charge >= 0.3 is 5.97 Å². The number of hydroxylamine groups is 2. The van der Waals surface area contributed by atoms with Crippen molar-refractivity contribution in [3.8, 4) is 0 Å². The summed E-state index contributed by atoms with van der Waals surface area (Å²) in [6.07, 6.45) is -2.39. The predicted octanol–water partition coefficient (Wildman–Crippen LogP) is 1.54. The maximum Gasteiger partial charge on any atom is 0.357 e. The number of halogens is 2. The van der Waals surface area contributed by atoms with Crippen molar-refractivity contribution in [2.24, 2.45) is 11.3 Å². The summed E-state index contributed by atoms with van der Waals surface area (Å²) >= 11 is 0. The number of alkyl halides is 2. The van der Waals surface area contributed by atoms with Gasteiger partial charge < -0.3 is 10.2 Å². The highest BCUT2D eigenvalue weighted by molar-refractivity contribution is 5.89. The molecule has 0 saturated carbocycles. The van der Waals surface area contributed by atoms with E-state index in [2.05, 4.69) is 5.32 Å². The van der Waals surface area contributed by atoms with Gasteiger partial charge in [0, 0.05) is 37.5 Å². The van der Waals surface area contributed by atoms with Crippen molar-refractivity contribution in [3.63, 3.8) is 0 Å². The van der Waals surface area contributed by atoms with Crippen LogP contribution >= 0.6 is 0 Å². The van der Waals surface area contributed by atoms with Crippen molar-refractivity contribution in [3.05, 3.63) is 35.9 Å². The van der Waals surface area contributed by atoms with E-state index < -0.39 is 23.7 Å². The van der Waals surface area contributed by atoms with E-state index in [9.17, 15) is 13.6 Å². The Morgan fingerprint density at radius 1 is 1.35 bits per heavy atom. The predicted molar refractivity (Wildman–Crippen MR) is 68.2 cm³/mol. The molecule has 2 heterocycles. The van der Waals surface area contributed by atoms with Gasteiger partial charge in [-0.2, -0.15) is 0 Å². The first kappa shape index (κ1) is 13.5. The Morgan fingerprint density at radius 3 is 2.55 bits per heavy atom. The van der Waals surface area contributed by atoms with Crippen molar-refractivity contribution < 1.29 is 18.4 Å². The Kier molecular flexibility index (Phi) is 3.43. The topological polar surface area (TPSA) is 41.6 Å². The average molecular weight is 282 g/mol. The van der Waals surface area contributed by atoms with E-state index in [1.165, 1.54) is 5.06 Å². The van der Waals surface area contributed by atoms with E-state index in [0.717, 1.165) is 0 Å². The molecule has 1 spiro atoms. The first-order valence-electron chi connectivity index (χ1n) is 6.62. The van der Waals surface area contributed by atoms with E-state index in [-0.39, 0.29) is 6.54 Å². The van der Waals surface area contributed by atoms with Gasteiger partial charge in [-0.25, -0.2) is 13.6 Å². The molecule has 3 rings (SSSR count). The minimum Gasteiger partial charge on any atom is -0.364 e. The molecule has 2 aliphatic rings. The van der Waals surface area contributed by atoms with Crippen LogP contribution in [0.1, 0.15) is 10.4 Å². The molecule has 20 heavy (non-hydrogen) atoms. The fourth-order valence-corrected chi connectivity index (χ4v) is 2.93. The van der Waals surface area contributed by atoms with Crippen LogP contribution in [-0.2, 0) is 4.84 Å². The number of hydrogen-bond acceptors (Lipinski definition) is 4. The second-order valence-corrected chi connectivity index (χ2v) is 5.47. The third-order valence-corrected chi connectivity index (χ3v) is 4.16. The average Bonchev–Trinajstić information content (AvgIpc) is 2.79. The number of nitrogens with zero attached hydrogens (tertiary/aromatic N) is 1. The summed E-state index contributed by atoms with van der Waals surface area (Å²) in [6, 6.07) is 8.56. The molecule has 4 nitrogen and oxygen atoms in total. The molecule has 1 N–H and O–H groups in total. The van der Waals surface area contributed by atoms with Crippen LogP contribution in [0.3, 0.4) is 0 Å². The third kappa shape index (κ3) is 2.29. The van der Waals surface area contributed by atoms with Gasteiger partial charge in [0.1, 0.15) is 0 Å². The lowest BCUT2D eigenvalue weighted by Gasteiger charge is -2.42. The van der Waals surface area contributed by atoms with Crippen LogP contribution in [0.5, 0.6) is 0 Å². The Bertz CT molecular complexity index is 491. The molecule has 108 valence electrons. The number of carbonyl (C=O) groups excluding carboxylic acids is 1. The van der Waals surface area contributed by atoms with Gasteiger partial charge in [-0.05, 0) is 12.1 Å². The molecule has 0 bridgehead atoms. The van der Waals surface area contributed by atoms with E-state index in [0.29, 0.717) is 25.2 Å². The lowest BCUT2D eigenvalue weighted by molar-refractivity contribution is -0.103. The molecule has 1 aromatic rings. The summed E-state index contributed by atoms with van der Waals surface area (Å²) < 4.78 is 26.2. The van der Waals surface area contributed by atoms with Crippen molar-refractivity contribution in [2.75, 3.05) is 26.2 Å². The fraction of sp³-hybridized carbons (Fsp3) is 0.500. The summed E-state index contributed by atoms with van der Waals surface area (Å²) in [5.41, 5.74) is -0.0284. The molecule has 2 saturated heterocycles. The van der Waals surface area contributed by atoms with Gasteiger partial charge in [0.05, 0.1) is 5.56 Å². The highest BCUT2D eigenvalue weighted by Gasteiger charge is 2.55. The molecule has 2 aliphatic heterocycles. The Labute approximate surface area is 115 Å². The Morgan fingerprint density at radius 2 is 2.05 bits per heavy atom.